The van der Waals surface area contributed by atoms with Crippen molar-refractivity contribution in [3.05, 3.63) is 35.1 Å². The van der Waals surface area contributed by atoms with E-state index in [4.69, 9.17) is 0 Å². The van der Waals surface area contributed by atoms with E-state index in [0.717, 1.165) is 23.5 Å². The van der Waals surface area contributed by atoms with E-state index in [1.807, 2.05) is 19.1 Å². The van der Waals surface area contributed by atoms with E-state index in [2.05, 4.69) is 12.2 Å². The van der Waals surface area contributed by atoms with Crippen molar-refractivity contribution in [2.45, 2.75) is 65.0 Å². The van der Waals surface area contributed by atoms with Crippen molar-refractivity contribution in [1.29, 1.82) is 0 Å². The lowest BCUT2D eigenvalue weighted by Crippen LogP contribution is -2.36. The fourth-order valence-corrected chi connectivity index (χ4v) is 3.26. The van der Waals surface area contributed by atoms with Gasteiger partial charge in [-0.3, -0.25) is 0 Å². The molecule has 2 heteroatoms. The summed E-state index contributed by atoms with van der Waals surface area (Å²) in [6.45, 7) is 4.91. The number of hydrogen-bond acceptors (Lipinski definition) is 1. The molecule has 19 heavy (non-hydrogen) atoms. The lowest BCUT2D eigenvalue weighted by atomic mass is 9.83. The second-order valence-corrected chi connectivity index (χ2v) is 5.89. The number of aryl methyl sites for hydroxylation is 1. The molecule has 1 fully saturated rings. The van der Waals surface area contributed by atoms with Crippen LogP contribution in [0.4, 0.5) is 4.39 Å². The zero-order chi connectivity index (χ0) is 13.7. The van der Waals surface area contributed by atoms with Crippen molar-refractivity contribution >= 4 is 0 Å². The normalized spacial score (nSPS) is 18.5. The summed E-state index contributed by atoms with van der Waals surface area (Å²) in [5.41, 5.74) is 1.93. The largest absolute Gasteiger partial charge is 0.310 e. The van der Waals surface area contributed by atoms with Crippen molar-refractivity contribution in [2.24, 2.45) is 5.92 Å². The van der Waals surface area contributed by atoms with Crippen molar-refractivity contribution < 1.29 is 4.39 Å². The van der Waals surface area contributed by atoms with E-state index in [-0.39, 0.29) is 5.82 Å². The van der Waals surface area contributed by atoms with Gasteiger partial charge in [0.1, 0.15) is 5.82 Å². The van der Waals surface area contributed by atoms with E-state index in [0.29, 0.717) is 12.6 Å². The topological polar surface area (TPSA) is 12.0 Å². The molecule has 0 amide bonds. The van der Waals surface area contributed by atoms with Gasteiger partial charge in [0.2, 0.25) is 0 Å². The molecule has 1 aromatic carbocycles. The summed E-state index contributed by atoms with van der Waals surface area (Å²) >= 11 is 0. The molecule has 1 aliphatic carbocycles. The SMILES string of the molecule is CCC(NCc1cc(C)ccc1F)C1CCCCC1. The van der Waals surface area contributed by atoms with Gasteiger partial charge in [-0.1, -0.05) is 43.9 Å². The number of hydrogen-bond donors (Lipinski definition) is 1. The average Bonchev–Trinajstić information content (AvgIpc) is 2.44. The highest BCUT2D eigenvalue weighted by molar-refractivity contribution is 5.23. The van der Waals surface area contributed by atoms with Gasteiger partial charge in [0.15, 0.2) is 0 Å². The van der Waals surface area contributed by atoms with Crippen LogP contribution in [0.1, 0.15) is 56.6 Å². The van der Waals surface area contributed by atoms with Gasteiger partial charge in [-0.05, 0) is 38.2 Å². The van der Waals surface area contributed by atoms with Crippen LogP contribution in [0.5, 0.6) is 0 Å². The van der Waals surface area contributed by atoms with Gasteiger partial charge in [-0.2, -0.15) is 0 Å². The Bertz CT molecular complexity index is 396. The third kappa shape index (κ3) is 4.04. The first-order chi connectivity index (χ1) is 9.20. The zero-order valence-electron chi connectivity index (χ0n) is 12.2. The molecule has 0 bridgehead atoms. The monoisotopic (exact) mass is 263 g/mol. The van der Waals surface area contributed by atoms with Gasteiger partial charge in [-0.25, -0.2) is 4.39 Å². The first-order valence-electron chi connectivity index (χ1n) is 7.69. The fraction of sp³-hybridized carbons (Fsp3) is 0.647. The van der Waals surface area contributed by atoms with E-state index in [9.17, 15) is 4.39 Å². The molecule has 0 aliphatic heterocycles. The molecule has 1 aliphatic rings. The van der Waals surface area contributed by atoms with Gasteiger partial charge < -0.3 is 5.32 Å². The van der Waals surface area contributed by atoms with Crippen LogP contribution in [0.2, 0.25) is 0 Å². The molecule has 0 spiro atoms. The number of halogens is 1. The van der Waals surface area contributed by atoms with Crippen LogP contribution < -0.4 is 5.32 Å². The Morgan fingerprint density at radius 3 is 2.68 bits per heavy atom. The maximum atomic E-state index is 13.7. The first kappa shape index (κ1) is 14.5. The summed E-state index contributed by atoms with van der Waals surface area (Å²) in [5, 5.41) is 3.58. The zero-order valence-corrected chi connectivity index (χ0v) is 12.2. The molecule has 0 heterocycles. The predicted molar refractivity (Wildman–Crippen MR) is 78.6 cm³/mol. The highest BCUT2D eigenvalue weighted by atomic mass is 19.1. The molecule has 1 aromatic rings. The quantitative estimate of drug-likeness (QED) is 0.819. The summed E-state index contributed by atoms with van der Waals surface area (Å²) in [7, 11) is 0. The average molecular weight is 263 g/mol. The van der Waals surface area contributed by atoms with Crippen LogP contribution in [-0.4, -0.2) is 6.04 Å². The third-order valence-electron chi connectivity index (χ3n) is 4.41. The van der Waals surface area contributed by atoms with Gasteiger partial charge in [0.05, 0.1) is 0 Å². The van der Waals surface area contributed by atoms with Gasteiger partial charge in [0, 0.05) is 18.2 Å². The summed E-state index contributed by atoms with van der Waals surface area (Å²) in [5.74, 6) is 0.697. The van der Waals surface area contributed by atoms with Crippen LogP contribution >= 0.6 is 0 Å². The van der Waals surface area contributed by atoms with Crippen molar-refractivity contribution in [2.75, 3.05) is 0 Å². The lowest BCUT2D eigenvalue weighted by molar-refractivity contribution is 0.261. The molecule has 1 saturated carbocycles. The molecule has 1 atom stereocenters. The van der Waals surface area contributed by atoms with Crippen LogP contribution in [-0.2, 0) is 6.54 Å². The van der Waals surface area contributed by atoms with Gasteiger partial charge in [0.25, 0.3) is 0 Å². The van der Waals surface area contributed by atoms with Gasteiger partial charge in [-0.15, -0.1) is 0 Å². The summed E-state index contributed by atoms with van der Waals surface area (Å²) in [6, 6.07) is 5.90. The van der Waals surface area contributed by atoms with E-state index < -0.39 is 0 Å². The first-order valence-corrected chi connectivity index (χ1v) is 7.69. The summed E-state index contributed by atoms with van der Waals surface area (Å²) in [6.07, 6.45) is 7.92. The highest BCUT2D eigenvalue weighted by Crippen LogP contribution is 2.28. The maximum absolute atomic E-state index is 13.7. The minimum absolute atomic E-state index is 0.0865. The molecule has 1 N–H and O–H groups in total. The Hall–Kier alpha value is -0.890. The van der Waals surface area contributed by atoms with Crippen molar-refractivity contribution in [1.82, 2.24) is 5.32 Å². The minimum atomic E-state index is -0.0865. The molecule has 106 valence electrons. The van der Waals surface area contributed by atoms with Crippen LogP contribution in [0, 0.1) is 18.7 Å². The standard InChI is InChI=1S/C17H26FN/c1-3-17(14-7-5-4-6-8-14)19-12-15-11-13(2)9-10-16(15)18/h9-11,14,17,19H,3-8,12H2,1-2H3. The van der Waals surface area contributed by atoms with Crippen LogP contribution in [0.15, 0.2) is 18.2 Å². The Morgan fingerprint density at radius 2 is 2.00 bits per heavy atom. The second kappa shape index (κ2) is 7.04. The molecular weight excluding hydrogens is 237 g/mol. The summed E-state index contributed by atoms with van der Waals surface area (Å²) < 4.78 is 13.7. The van der Waals surface area contributed by atoms with Crippen molar-refractivity contribution in [3.8, 4) is 0 Å². The molecule has 2 rings (SSSR count). The molecular formula is C17H26FN. The summed E-state index contributed by atoms with van der Waals surface area (Å²) in [4.78, 5) is 0. The lowest BCUT2D eigenvalue weighted by Gasteiger charge is -2.30. The van der Waals surface area contributed by atoms with E-state index in [1.165, 1.54) is 32.1 Å². The number of nitrogens with one attached hydrogen (secondary N) is 1. The number of benzene rings is 1. The Morgan fingerprint density at radius 1 is 1.26 bits per heavy atom. The molecule has 1 unspecified atom stereocenters. The molecule has 0 radical (unpaired) electrons. The third-order valence-corrected chi connectivity index (χ3v) is 4.41. The smallest absolute Gasteiger partial charge is 0.127 e. The van der Waals surface area contributed by atoms with Crippen LogP contribution in [0.3, 0.4) is 0 Å². The Balaban J connectivity index is 1.93. The molecule has 0 aromatic heterocycles. The van der Waals surface area contributed by atoms with E-state index in [1.54, 1.807) is 6.07 Å². The minimum Gasteiger partial charge on any atom is -0.310 e. The number of rotatable bonds is 5. The van der Waals surface area contributed by atoms with Crippen molar-refractivity contribution in [3.63, 3.8) is 0 Å². The second-order valence-electron chi connectivity index (χ2n) is 5.89. The van der Waals surface area contributed by atoms with E-state index >= 15 is 0 Å². The molecule has 1 nitrogen and oxygen atoms in total. The predicted octanol–water partition coefficient (Wildman–Crippen LogP) is 4.58. The van der Waals surface area contributed by atoms with Gasteiger partial charge >= 0.3 is 0 Å². The maximum Gasteiger partial charge on any atom is 0.127 e. The molecule has 0 saturated heterocycles. The highest BCUT2D eigenvalue weighted by Gasteiger charge is 2.21. The van der Waals surface area contributed by atoms with Crippen LogP contribution in [0.25, 0.3) is 0 Å². The Labute approximate surface area is 116 Å². The Kier molecular flexibility index (Phi) is 5.38. The fourth-order valence-electron chi connectivity index (χ4n) is 3.26.